The summed E-state index contributed by atoms with van der Waals surface area (Å²) in [5.74, 6) is 0.995. The number of para-hydroxylation sites is 1. The first-order valence-electron chi connectivity index (χ1n) is 12.0. The van der Waals surface area contributed by atoms with Crippen LogP contribution in [0.25, 0.3) is 0 Å². The van der Waals surface area contributed by atoms with E-state index in [1.807, 2.05) is 61.5 Å². The van der Waals surface area contributed by atoms with Crippen molar-refractivity contribution in [3.8, 4) is 11.5 Å². The van der Waals surface area contributed by atoms with Gasteiger partial charge in [0.15, 0.2) is 0 Å². The first kappa shape index (κ1) is 30.0. The molecule has 1 unspecified atom stereocenters. The number of carbonyl (C=O) groups is 2. The molecule has 1 N–H and O–H groups in total. The second-order valence-electron chi connectivity index (χ2n) is 9.99. The minimum atomic E-state index is -0.848. The molecule has 202 valence electrons. The molecule has 0 saturated carbocycles. The van der Waals surface area contributed by atoms with Crippen molar-refractivity contribution in [2.24, 2.45) is 0 Å². The number of rotatable bonds is 8. The quantitative estimate of drug-likeness (QED) is 0.264. The van der Waals surface area contributed by atoms with Gasteiger partial charge in [-0.25, -0.2) is 4.79 Å². The number of ether oxygens (including phenoxy) is 2. The summed E-state index contributed by atoms with van der Waals surface area (Å²) in [6, 6.07) is 17.9. The fraction of sp³-hybridized carbons (Fsp3) is 0.310. The van der Waals surface area contributed by atoms with E-state index in [-0.39, 0.29) is 18.9 Å². The molecule has 0 radical (unpaired) electrons. The Balaban J connectivity index is 1.83. The maximum absolute atomic E-state index is 13.7. The molecule has 0 fully saturated rings. The average molecular weight is 667 g/mol. The Bertz CT molecular complexity index is 1290. The third-order valence-electron chi connectivity index (χ3n) is 5.48. The Hall–Kier alpha value is -2.55. The zero-order valence-corrected chi connectivity index (χ0v) is 25.9. The van der Waals surface area contributed by atoms with Crippen LogP contribution in [0, 0.1) is 6.92 Å². The Morgan fingerprint density at radius 3 is 2.32 bits per heavy atom. The number of alkyl carbamates (subject to hydrolysis) is 1. The zero-order chi connectivity index (χ0) is 28.0. The smallest absolute Gasteiger partial charge is 0.408 e. The molecule has 0 saturated heterocycles. The van der Waals surface area contributed by atoms with Crippen molar-refractivity contribution >= 4 is 55.5 Å². The number of carbonyl (C=O) groups excluding carboxylic acids is 2. The SMILES string of the molecule is Cc1ccc(Cl)cc1Oc1ccccc1CN(C)C(=O)C(Cc1cc(Br)cc(Br)c1)NC(=O)OC(C)(C)C. The molecule has 6 nitrogen and oxygen atoms in total. The third kappa shape index (κ3) is 9.03. The van der Waals surface area contributed by atoms with Crippen molar-refractivity contribution < 1.29 is 19.1 Å². The monoisotopic (exact) mass is 664 g/mol. The summed E-state index contributed by atoms with van der Waals surface area (Å²) in [5, 5.41) is 3.34. The molecule has 3 aromatic carbocycles. The predicted octanol–water partition coefficient (Wildman–Crippen LogP) is 8.06. The van der Waals surface area contributed by atoms with E-state index in [4.69, 9.17) is 21.1 Å². The van der Waals surface area contributed by atoms with Gasteiger partial charge in [0.05, 0.1) is 0 Å². The first-order chi connectivity index (χ1) is 17.8. The van der Waals surface area contributed by atoms with Gasteiger partial charge in [-0.3, -0.25) is 4.79 Å². The largest absolute Gasteiger partial charge is 0.457 e. The van der Waals surface area contributed by atoms with Crippen LogP contribution < -0.4 is 10.1 Å². The number of amides is 2. The third-order valence-corrected chi connectivity index (χ3v) is 6.63. The lowest BCUT2D eigenvalue weighted by molar-refractivity contribution is -0.132. The Labute approximate surface area is 245 Å². The normalized spacial score (nSPS) is 12.0. The van der Waals surface area contributed by atoms with E-state index in [1.54, 1.807) is 38.8 Å². The number of hydrogen-bond acceptors (Lipinski definition) is 4. The Morgan fingerprint density at radius 2 is 1.66 bits per heavy atom. The molecule has 38 heavy (non-hydrogen) atoms. The van der Waals surface area contributed by atoms with Crippen LogP contribution in [-0.2, 0) is 22.5 Å². The Kier molecular flexibility index (Phi) is 10.3. The number of halogens is 3. The highest BCUT2D eigenvalue weighted by atomic mass is 79.9. The van der Waals surface area contributed by atoms with Gasteiger partial charge < -0.3 is 19.7 Å². The van der Waals surface area contributed by atoms with Crippen LogP contribution in [0.4, 0.5) is 4.79 Å². The van der Waals surface area contributed by atoms with E-state index in [0.717, 1.165) is 25.6 Å². The number of benzene rings is 3. The van der Waals surface area contributed by atoms with Crippen molar-refractivity contribution in [2.45, 2.75) is 52.3 Å². The van der Waals surface area contributed by atoms with Gasteiger partial charge in [-0.2, -0.15) is 0 Å². The number of hydrogen-bond donors (Lipinski definition) is 1. The van der Waals surface area contributed by atoms with E-state index in [0.29, 0.717) is 16.5 Å². The fourth-order valence-electron chi connectivity index (χ4n) is 3.75. The summed E-state index contributed by atoms with van der Waals surface area (Å²) in [5.41, 5.74) is 1.92. The zero-order valence-electron chi connectivity index (χ0n) is 22.0. The Morgan fingerprint density at radius 1 is 1.00 bits per heavy atom. The highest BCUT2D eigenvalue weighted by Crippen LogP contribution is 2.31. The van der Waals surface area contributed by atoms with Crippen molar-refractivity contribution in [1.82, 2.24) is 10.2 Å². The van der Waals surface area contributed by atoms with Gasteiger partial charge in [-0.15, -0.1) is 0 Å². The molecule has 0 aliphatic heterocycles. The minimum Gasteiger partial charge on any atom is -0.457 e. The van der Waals surface area contributed by atoms with Crippen LogP contribution >= 0.6 is 43.5 Å². The molecule has 0 bridgehead atoms. The van der Waals surface area contributed by atoms with Gasteiger partial charge in [-0.1, -0.05) is 67.7 Å². The molecular weight excluding hydrogens is 636 g/mol. The van der Waals surface area contributed by atoms with Gasteiger partial charge >= 0.3 is 6.09 Å². The molecular formula is C29H31Br2ClN2O4. The van der Waals surface area contributed by atoms with Crippen molar-refractivity contribution in [2.75, 3.05) is 7.05 Å². The van der Waals surface area contributed by atoms with Crippen LogP contribution in [0.5, 0.6) is 11.5 Å². The maximum atomic E-state index is 13.7. The number of aryl methyl sites for hydroxylation is 1. The molecule has 0 aliphatic rings. The lowest BCUT2D eigenvalue weighted by atomic mass is 10.0. The molecule has 9 heteroatoms. The van der Waals surface area contributed by atoms with Crippen LogP contribution in [-0.4, -0.2) is 35.6 Å². The van der Waals surface area contributed by atoms with Gasteiger partial charge in [0, 0.05) is 39.5 Å². The number of nitrogens with one attached hydrogen (secondary N) is 1. The fourth-order valence-corrected chi connectivity index (χ4v) is 5.30. The molecule has 1 atom stereocenters. The molecule has 3 rings (SSSR count). The molecule has 2 amide bonds. The molecule has 0 spiro atoms. The molecule has 0 aromatic heterocycles. The second kappa shape index (κ2) is 13.0. The van der Waals surface area contributed by atoms with E-state index in [1.165, 1.54) is 0 Å². The molecule has 3 aromatic rings. The lowest BCUT2D eigenvalue weighted by Gasteiger charge is -2.27. The summed E-state index contributed by atoms with van der Waals surface area (Å²) in [4.78, 5) is 27.9. The van der Waals surface area contributed by atoms with Crippen LogP contribution in [0.1, 0.15) is 37.5 Å². The van der Waals surface area contributed by atoms with Gasteiger partial charge in [0.1, 0.15) is 23.1 Å². The first-order valence-corrected chi connectivity index (χ1v) is 14.0. The van der Waals surface area contributed by atoms with Crippen LogP contribution in [0.3, 0.4) is 0 Å². The number of nitrogens with zero attached hydrogens (tertiary/aromatic N) is 1. The maximum Gasteiger partial charge on any atom is 0.408 e. The van der Waals surface area contributed by atoms with E-state index < -0.39 is 17.7 Å². The van der Waals surface area contributed by atoms with Gasteiger partial charge in [-0.05, 0) is 75.2 Å². The van der Waals surface area contributed by atoms with Crippen molar-refractivity contribution in [3.63, 3.8) is 0 Å². The lowest BCUT2D eigenvalue weighted by Crippen LogP contribution is -2.49. The summed E-state index contributed by atoms with van der Waals surface area (Å²) in [6.45, 7) is 7.54. The standard InChI is InChI=1S/C29H31Br2ClN2O4/c1-18-10-11-23(32)16-26(18)37-25-9-7-6-8-20(25)17-34(5)27(35)24(33-28(36)38-29(2,3)4)14-19-12-21(30)15-22(31)13-19/h6-13,15-16,24H,14,17H2,1-5H3,(H,33,36). The summed E-state index contributed by atoms with van der Waals surface area (Å²) < 4.78 is 13.3. The van der Waals surface area contributed by atoms with E-state index in [2.05, 4.69) is 37.2 Å². The molecule has 0 heterocycles. The van der Waals surface area contributed by atoms with Crippen LogP contribution in [0.15, 0.2) is 69.6 Å². The molecule has 0 aliphatic carbocycles. The summed E-state index contributed by atoms with van der Waals surface area (Å²) >= 11 is 13.1. The van der Waals surface area contributed by atoms with Gasteiger partial charge in [0.25, 0.3) is 0 Å². The highest BCUT2D eigenvalue weighted by Gasteiger charge is 2.28. The topological polar surface area (TPSA) is 67.9 Å². The second-order valence-corrected chi connectivity index (χ2v) is 12.3. The average Bonchev–Trinajstić information content (AvgIpc) is 2.80. The van der Waals surface area contributed by atoms with Gasteiger partial charge in [0.2, 0.25) is 5.91 Å². The summed E-state index contributed by atoms with van der Waals surface area (Å²) in [6.07, 6.45) is -0.376. The van der Waals surface area contributed by atoms with Crippen LogP contribution in [0.2, 0.25) is 5.02 Å². The summed E-state index contributed by atoms with van der Waals surface area (Å²) in [7, 11) is 1.70. The van der Waals surface area contributed by atoms with E-state index >= 15 is 0 Å². The van der Waals surface area contributed by atoms with E-state index in [9.17, 15) is 9.59 Å². The van der Waals surface area contributed by atoms with Crippen molar-refractivity contribution in [3.05, 3.63) is 91.3 Å². The highest BCUT2D eigenvalue weighted by molar-refractivity contribution is 9.11. The van der Waals surface area contributed by atoms with Crippen molar-refractivity contribution in [1.29, 1.82) is 0 Å². The number of likely N-dealkylation sites (N-methyl/N-ethyl adjacent to an activating group) is 1. The minimum absolute atomic E-state index is 0.263. The predicted molar refractivity (Wildman–Crippen MR) is 158 cm³/mol.